The molecule has 0 saturated carbocycles. The summed E-state index contributed by atoms with van der Waals surface area (Å²) < 4.78 is 4.79. The van der Waals surface area contributed by atoms with Gasteiger partial charge in [0.25, 0.3) is 0 Å². The van der Waals surface area contributed by atoms with Crippen molar-refractivity contribution in [1.29, 1.82) is 0 Å². The molecule has 1 amide bonds. The maximum Gasteiger partial charge on any atom is 0.326 e. The standard InChI is InChI=1S/C11H22N2O4/c1-8(7-12)3-4-10(14)13-9(11(15)16)5-6-17-2/h8-9H,3-7,12H2,1-2H3,(H,13,14)(H,15,16). The van der Waals surface area contributed by atoms with Crippen molar-refractivity contribution >= 4 is 11.9 Å². The van der Waals surface area contributed by atoms with Gasteiger partial charge in [0, 0.05) is 26.6 Å². The summed E-state index contributed by atoms with van der Waals surface area (Å²) in [5, 5.41) is 11.4. The molecule has 6 nitrogen and oxygen atoms in total. The van der Waals surface area contributed by atoms with Crippen LogP contribution in [0.1, 0.15) is 26.2 Å². The number of carboxylic acids is 1. The maximum absolute atomic E-state index is 11.5. The predicted octanol–water partition coefficient (Wildman–Crippen LogP) is -0.0327. The van der Waals surface area contributed by atoms with Crippen molar-refractivity contribution in [2.75, 3.05) is 20.3 Å². The molecule has 2 unspecified atom stereocenters. The van der Waals surface area contributed by atoms with Gasteiger partial charge in [-0.1, -0.05) is 6.92 Å². The normalized spacial score (nSPS) is 14.1. The van der Waals surface area contributed by atoms with Crippen LogP contribution in [0.3, 0.4) is 0 Å². The van der Waals surface area contributed by atoms with Crippen LogP contribution in [0.4, 0.5) is 0 Å². The molecule has 0 aromatic rings. The number of aliphatic carboxylic acids is 1. The number of nitrogens with two attached hydrogens (primary N) is 1. The summed E-state index contributed by atoms with van der Waals surface area (Å²) in [6.07, 6.45) is 1.23. The van der Waals surface area contributed by atoms with Crippen molar-refractivity contribution in [2.24, 2.45) is 11.7 Å². The highest BCUT2D eigenvalue weighted by Crippen LogP contribution is 2.03. The van der Waals surface area contributed by atoms with Crippen LogP contribution in [0.25, 0.3) is 0 Å². The van der Waals surface area contributed by atoms with Crippen molar-refractivity contribution in [3.8, 4) is 0 Å². The van der Waals surface area contributed by atoms with Gasteiger partial charge in [0.15, 0.2) is 0 Å². The Kier molecular flexibility index (Phi) is 8.35. The van der Waals surface area contributed by atoms with E-state index < -0.39 is 12.0 Å². The van der Waals surface area contributed by atoms with Crippen molar-refractivity contribution in [3.05, 3.63) is 0 Å². The lowest BCUT2D eigenvalue weighted by Gasteiger charge is -2.14. The predicted molar refractivity (Wildman–Crippen MR) is 63.5 cm³/mol. The van der Waals surface area contributed by atoms with E-state index in [-0.39, 0.29) is 18.2 Å². The minimum absolute atomic E-state index is 0.256. The number of methoxy groups -OCH3 is 1. The molecular formula is C11H22N2O4. The molecule has 4 N–H and O–H groups in total. The number of hydrogen-bond acceptors (Lipinski definition) is 4. The number of amides is 1. The fourth-order valence-corrected chi connectivity index (χ4v) is 1.25. The smallest absolute Gasteiger partial charge is 0.326 e. The Morgan fingerprint density at radius 3 is 2.53 bits per heavy atom. The molecule has 0 aliphatic rings. The van der Waals surface area contributed by atoms with Gasteiger partial charge in [-0.3, -0.25) is 4.79 Å². The number of carbonyl (C=O) groups excluding carboxylic acids is 1. The van der Waals surface area contributed by atoms with Gasteiger partial charge in [0.1, 0.15) is 6.04 Å². The molecule has 0 aromatic carbocycles. The average molecular weight is 246 g/mol. The molecule has 17 heavy (non-hydrogen) atoms. The molecule has 6 heteroatoms. The molecule has 0 radical (unpaired) electrons. The number of carboxylic acid groups (broad SMARTS) is 1. The zero-order valence-corrected chi connectivity index (χ0v) is 10.4. The summed E-state index contributed by atoms with van der Waals surface area (Å²) in [6.45, 7) is 2.78. The van der Waals surface area contributed by atoms with Gasteiger partial charge < -0.3 is 20.9 Å². The van der Waals surface area contributed by atoms with E-state index in [2.05, 4.69) is 5.32 Å². The van der Waals surface area contributed by atoms with Crippen LogP contribution >= 0.6 is 0 Å². The van der Waals surface area contributed by atoms with E-state index in [1.54, 1.807) is 0 Å². The molecule has 0 aromatic heterocycles. The Balaban J connectivity index is 3.99. The quantitative estimate of drug-likeness (QED) is 0.530. The Hall–Kier alpha value is -1.14. The molecule has 100 valence electrons. The van der Waals surface area contributed by atoms with Gasteiger partial charge >= 0.3 is 5.97 Å². The van der Waals surface area contributed by atoms with Gasteiger partial charge in [-0.05, 0) is 18.9 Å². The van der Waals surface area contributed by atoms with E-state index in [1.165, 1.54) is 7.11 Å². The van der Waals surface area contributed by atoms with E-state index in [0.29, 0.717) is 26.0 Å². The number of hydrogen-bond donors (Lipinski definition) is 3. The van der Waals surface area contributed by atoms with Crippen molar-refractivity contribution in [1.82, 2.24) is 5.32 Å². The Morgan fingerprint density at radius 2 is 2.06 bits per heavy atom. The summed E-state index contributed by atoms with van der Waals surface area (Å²) in [4.78, 5) is 22.3. The van der Waals surface area contributed by atoms with Gasteiger partial charge in [-0.2, -0.15) is 0 Å². The molecule has 0 aliphatic carbocycles. The lowest BCUT2D eigenvalue weighted by molar-refractivity contribution is -0.142. The van der Waals surface area contributed by atoms with Crippen LogP contribution < -0.4 is 11.1 Å². The summed E-state index contributed by atoms with van der Waals surface area (Å²) in [7, 11) is 1.49. The Morgan fingerprint density at radius 1 is 1.41 bits per heavy atom. The largest absolute Gasteiger partial charge is 0.480 e. The van der Waals surface area contributed by atoms with Crippen molar-refractivity contribution < 1.29 is 19.4 Å². The Labute approximate surface area is 102 Å². The zero-order chi connectivity index (χ0) is 13.3. The molecular weight excluding hydrogens is 224 g/mol. The SMILES string of the molecule is COCCC(NC(=O)CCC(C)CN)C(=O)O. The minimum atomic E-state index is -1.04. The number of ether oxygens (including phenoxy) is 1. The van der Waals surface area contributed by atoms with E-state index in [4.69, 9.17) is 15.6 Å². The molecule has 2 atom stereocenters. The Bertz CT molecular complexity index is 246. The van der Waals surface area contributed by atoms with E-state index >= 15 is 0 Å². The monoisotopic (exact) mass is 246 g/mol. The summed E-state index contributed by atoms with van der Waals surface area (Å²) in [5.74, 6) is -1.03. The summed E-state index contributed by atoms with van der Waals surface area (Å²) in [5.41, 5.74) is 5.43. The zero-order valence-electron chi connectivity index (χ0n) is 10.4. The molecule has 0 spiro atoms. The van der Waals surface area contributed by atoms with Crippen LogP contribution in [0.15, 0.2) is 0 Å². The number of rotatable bonds is 9. The number of carbonyl (C=O) groups is 2. The maximum atomic E-state index is 11.5. The number of nitrogens with one attached hydrogen (secondary N) is 1. The second kappa shape index (κ2) is 8.95. The topological polar surface area (TPSA) is 102 Å². The molecule has 0 rings (SSSR count). The van der Waals surface area contributed by atoms with E-state index in [9.17, 15) is 9.59 Å². The second-order valence-electron chi connectivity index (χ2n) is 4.12. The lowest BCUT2D eigenvalue weighted by Crippen LogP contribution is -2.41. The highest BCUT2D eigenvalue weighted by molar-refractivity contribution is 5.83. The third kappa shape index (κ3) is 7.70. The minimum Gasteiger partial charge on any atom is -0.480 e. The van der Waals surface area contributed by atoms with Crippen LogP contribution in [0.2, 0.25) is 0 Å². The van der Waals surface area contributed by atoms with E-state index in [0.717, 1.165) is 0 Å². The van der Waals surface area contributed by atoms with Gasteiger partial charge in [0.2, 0.25) is 5.91 Å². The fourth-order valence-electron chi connectivity index (χ4n) is 1.25. The first-order valence-electron chi connectivity index (χ1n) is 5.72. The molecule has 0 aliphatic heterocycles. The first kappa shape index (κ1) is 15.9. The highest BCUT2D eigenvalue weighted by atomic mass is 16.5. The lowest BCUT2D eigenvalue weighted by atomic mass is 10.1. The highest BCUT2D eigenvalue weighted by Gasteiger charge is 2.19. The average Bonchev–Trinajstić information content (AvgIpc) is 2.30. The van der Waals surface area contributed by atoms with Gasteiger partial charge in [-0.25, -0.2) is 4.79 Å². The molecule has 0 saturated heterocycles. The third-order valence-electron chi connectivity index (χ3n) is 2.51. The van der Waals surface area contributed by atoms with Gasteiger partial charge in [-0.15, -0.1) is 0 Å². The summed E-state index contributed by atoms with van der Waals surface area (Å²) in [6, 6.07) is -0.879. The van der Waals surface area contributed by atoms with Gasteiger partial charge in [0.05, 0.1) is 0 Å². The van der Waals surface area contributed by atoms with Crippen LogP contribution in [-0.4, -0.2) is 43.3 Å². The van der Waals surface area contributed by atoms with Crippen LogP contribution in [0.5, 0.6) is 0 Å². The molecule has 0 heterocycles. The van der Waals surface area contributed by atoms with Crippen molar-refractivity contribution in [3.63, 3.8) is 0 Å². The summed E-state index contributed by atoms with van der Waals surface area (Å²) >= 11 is 0. The molecule has 0 fully saturated rings. The third-order valence-corrected chi connectivity index (χ3v) is 2.51. The second-order valence-corrected chi connectivity index (χ2v) is 4.12. The first-order chi connectivity index (χ1) is 8.01. The van der Waals surface area contributed by atoms with Crippen molar-refractivity contribution in [2.45, 2.75) is 32.2 Å². The van der Waals surface area contributed by atoms with Crippen LogP contribution in [0, 0.1) is 5.92 Å². The van der Waals surface area contributed by atoms with E-state index in [1.807, 2.05) is 6.92 Å². The fraction of sp³-hybridized carbons (Fsp3) is 0.818. The molecule has 0 bridgehead atoms. The first-order valence-corrected chi connectivity index (χ1v) is 5.72. The van der Waals surface area contributed by atoms with Crippen LogP contribution in [-0.2, 0) is 14.3 Å².